The Balaban J connectivity index is 2.64. The summed E-state index contributed by atoms with van der Waals surface area (Å²) >= 11 is 3.44. The van der Waals surface area contributed by atoms with Crippen molar-refractivity contribution in [2.75, 3.05) is 6.54 Å². The number of carbonyl (C=O) groups is 1. The molecular weight excluding hydrogens is 258 g/mol. The summed E-state index contributed by atoms with van der Waals surface area (Å²) in [4.78, 5) is 11.6. The van der Waals surface area contributed by atoms with Gasteiger partial charge in [0.15, 0.2) is 0 Å². The number of carbonyl (C=O) groups excluding carboxylic acids is 1. The van der Waals surface area contributed by atoms with Crippen LogP contribution in [0.3, 0.4) is 0 Å². The largest absolute Gasteiger partial charge is 0.349 e. The van der Waals surface area contributed by atoms with Gasteiger partial charge in [-0.25, -0.2) is 0 Å². The van der Waals surface area contributed by atoms with Gasteiger partial charge in [0.1, 0.15) is 5.69 Å². The van der Waals surface area contributed by atoms with Crippen molar-refractivity contribution in [3.05, 3.63) is 21.4 Å². The fraction of sp³-hybridized carbons (Fsp3) is 0.400. The Morgan fingerprint density at radius 3 is 3.07 bits per heavy atom. The first-order valence-corrected chi connectivity index (χ1v) is 5.48. The highest BCUT2D eigenvalue weighted by Gasteiger charge is 2.25. The van der Waals surface area contributed by atoms with E-state index in [1.165, 1.54) is 0 Å². The second-order valence-corrected chi connectivity index (χ2v) is 4.27. The molecule has 1 aliphatic rings. The normalized spacial score (nSPS) is 14.3. The molecule has 0 bridgehead atoms. The van der Waals surface area contributed by atoms with Crippen LogP contribution >= 0.6 is 15.9 Å². The van der Waals surface area contributed by atoms with Gasteiger partial charge in [0, 0.05) is 23.3 Å². The lowest BCUT2D eigenvalue weighted by Crippen LogP contribution is -2.36. The van der Waals surface area contributed by atoms with Crippen LogP contribution in [0, 0.1) is 18.3 Å². The van der Waals surface area contributed by atoms with Crippen molar-refractivity contribution in [1.82, 2.24) is 9.88 Å². The van der Waals surface area contributed by atoms with Crippen molar-refractivity contribution in [3.8, 4) is 6.07 Å². The molecule has 4 nitrogen and oxygen atoms in total. The van der Waals surface area contributed by atoms with E-state index in [0.29, 0.717) is 18.7 Å². The molecule has 2 rings (SSSR count). The summed E-state index contributed by atoms with van der Waals surface area (Å²) in [5.41, 5.74) is 2.50. The predicted octanol–water partition coefficient (Wildman–Crippen LogP) is 1.37. The number of amides is 1. The fourth-order valence-electron chi connectivity index (χ4n) is 1.93. The zero-order chi connectivity index (χ0) is 11.0. The quantitative estimate of drug-likeness (QED) is 0.836. The van der Waals surface area contributed by atoms with Gasteiger partial charge in [0.2, 0.25) is 0 Å². The molecule has 0 saturated heterocycles. The topological polar surface area (TPSA) is 57.8 Å². The lowest BCUT2D eigenvalue weighted by molar-refractivity contribution is 0.0926. The standard InChI is InChI=1S/C10H10BrN3O/c1-6-8(11)7(2-3-12)14-5-4-13-10(15)9(6)14/h2,4-5H2,1H3,(H,13,15). The number of aromatic nitrogens is 1. The summed E-state index contributed by atoms with van der Waals surface area (Å²) in [7, 11) is 0. The molecule has 2 heterocycles. The molecule has 0 spiro atoms. The van der Waals surface area contributed by atoms with E-state index in [2.05, 4.69) is 27.3 Å². The van der Waals surface area contributed by atoms with Crippen LogP contribution in [0.4, 0.5) is 0 Å². The third-order valence-electron chi connectivity index (χ3n) is 2.62. The monoisotopic (exact) mass is 267 g/mol. The summed E-state index contributed by atoms with van der Waals surface area (Å²) in [6.07, 6.45) is 0.328. The van der Waals surface area contributed by atoms with Crippen LogP contribution in [0.5, 0.6) is 0 Å². The van der Waals surface area contributed by atoms with Gasteiger partial charge in [0.05, 0.1) is 12.5 Å². The van der Waals surface area contributed by atoms with Crippen LogP contribution < -0.4 is 5.32 Å². The first-order valence-electron chi connectivity index (χ1n) is 4.69. The Bertz CT molecular complexity index is 470. The maximum atomic E-state index is 11.6. The summed E-state index contributed by atoms with van der Waals surface area (Å²) in [6, 6.07) is 2.12. The predicted molar refractivity (Wildman–Crippen MR) is 58.5 cm³/mol. The number of nitrogens with zero attached hydrogens (tertiary/aromatic N) is 2. The molecule has 0 unspecified atom stereocenters. The third kappa shape index (κ3) is 1.45. The molecule has 5 heteroatoms. The van der Waals surface area contributed by atoms with Crippen LogP contribution in [0.25, 0.3) is 0 Å². The number of fused-ring (bicyclic) bond motifs is 1. The minimum Gasteiger partial charge on any atom is -0.349 e. The molecule has 0 saturated carbocycles. The number of hydrogen-bond donors (Lipinski definition) is 1. The molecule has 1 aliphatic heterocycles. The van der Waals surface area contributed by atoms with Crippen molar-refractivity contribution < 1.29 is 4.79 Å². The van der Waals surface area contributed by atoms with Gasteiger partial charge in [-0.1, -0.05) is 0 Å². The van der Waals surface area contributed by atoms with Crippen LogP contribution in [0.2, 0.25) is 0 Å². The number of nitrogens with one attached hydrogen (secondary N) is 1. The third-order valence-corrected chi connectivity index (χ3v) is 3.67. The zero-order valence-electron chi connectivity index (χ0n) is 8.30. The minimum absolute atomic E-state index is 0.0522. The molecule has 0 radical (unpaired) electrons. The maximum absolute atomic E-state index is 11.6. The molecular formula is C10H10BrN3O. The van der Waals surface area contributed by atoms with E-state index in [0.717, 1.165) is 22.3 Å². The van der Waals surface area contributed by atoms with E-state index in [9.17, 15) is 4.79 Å². The van der Waals surface area contributed by atoms with Gasteiger partial charge in [-0.15, -0.1) is 0 Å². The van der Waals surface area contributed by atoms with Crippen LogP contribution in [-0.4, -0.2) is 17.0 Å². The highest BCUT2D eigenvalue weighted by Crippen LogP contribution is 2.29. The maximum Gasteiger partial charge on any atom is 0.268 e. The Kier molecular flexibility index (Phi) is 2.53. The zero-order valence-corrected chi connectivity index (χ0v) is 9.89. The van der Waals surface area contributed by atoms with Crippen LogP contribution in [-0.2, 0) is 13.0 Å². The van der Waals surface area contributed by atoms with Gasteiger partial charge < -0.3 is 9.88 Å². The van der Waals surface area contributed by atoms with E-state index < -0.39 is 0 Å². The number of hydrogen-bond acceptors (Lipinski definition) is 2. The van der Waals surface area contributed by atoms with Gasteiger partial charge in [-0.2, -0.15) is 5.26 Å². The Morgan fingerprint density at radius 1 is 1.67 bits per heavy atom. The van der Waals surface area contributed by atoms with Gasteiger partial charge in [0.25, 0.3) is 5.91 Å². The molecule has 0 aromatic carbocycles. The fourth-order valence-corrected chi connectivity index (χ4v) is 2.47. The molecule has 1 aromatic rings. The van der Waals surface area contributed by atoms with Gasteiger partial charge >= 0.3 is 0 Å². The van der Waals surface area contributed by atoms with E-state index in [1.807, 2.05) is 11.5 Å². The number of halogens is 1. The molecule has 1 amide bonds. The van der Waals surface area contributed by atoms with Crippen molar-refractivity contribution in [2.24, 2.45) is 0 Å². The Morgan fingerprint density at radius 2 is 2.40 bits per heavy atom. The average Bonchev–Trinajstić information content (AvgIpc) is 2.45. The number of nitriles is 1. The van der Waals surface area contributed by atoms with E-state index in [1.54, 1.807) is 0 Å². The summed E-state index contributed by atoms with van der Waals surface area (Å²) in [6.45, 7) is 3.26. The van der Waals surface area contributed by atoms with Crippen molar-refractivity contribution in [3.63, 3.8) is 0 Å². The SMILES string of the molecule is Cc1c(Br)c(CC#N)n2c1C(=O)NCC2. The first-order chi connectivity index (χ1) is 7.16. The second-order valence-electron chi connectivity index (χ2n) is 3.48. The number of rotatable bonds is 1. The Hall–Kier alpha value is -1.28. The van der Waals surface area contributed by atoms with E-state index >= 15 is 0 Å². The van der Waals surface area contributed by atoms with E-state index in [-0.39, 0.29) is 5.91 Å². The Labute approximate surface area is 96.0 Å². The molecule has 0 fully saturated rings. The summed E-state index contributed by atoms with van der Waals surface area (Å²) in [5, 5.41) is 11.5. The molecule has 0 aliphatic carbocycles. The lowest BCUT2D eigenvalue weighted by Gasteiger charge is -2.18. The van der Waals surface area contributed by atoms with E-state index in [4.69, 9.17) is 5.26 Å². The molecule has 0 atom stereocenters. The summed E-state index contributed by atoms with van der Waals surface area (Å²) in [5.74, 6) is -0.0522. The molecule has 78 valence electrons. The molecule has 1 N–H and O–H groups in total. The average molecular weight is 268 g/mol. The van der Waals surface area contributed by atoms with Crippen molar-refractivity contribution in [1.29, 1.82) is 5.26 Å². The highest BCUT2D eigenvalue weighted by atomic mass is 79.9. The molecule has 1 aromatic heterocycles. The minimum atomic E-state index is -0.0522. The van der Waals surface area contributed by atoms with Crippen molar-refractivity contribution >= 4 is 21.8 Å². The molecule has 15 heavy (non-hydrogen) atoms. The van der Waals surface area contributed by atoms with Crippen LogP contribution in [0.15, 0.2) is 4.47 Å². The second kappa shape index (κ2) is 3.70. The smallest absolute Gasteiger partial charge is 0.268 e. The van der Waals surface area contributed by atoms with Gasteiger partial charge in [-0.3, -0.25) is 4.79 Å². The lowest BCUT2D eigenvalue weighted by atomic mass is 10.2. The van der Waals surface area contributed by atoms with Gasteiger partial charge in [-0.05, 0) is 28.4 Å². The summed E-state index contributed by atoms with van der Waals surface area (Å²) < 4.78 is 2.82. The first kappa shape index (κ1) is 10.2. The van der Waals surface area contributed by atoms with Crippen LogP contribution in [0.1, 0.15) is 21.7 Å². The van der Waals surface area contributed by atoms with Crippen molar-refractivity contribution in [2.45, 2.75) is 19.9 Å². The highest BCUT2D eigenvalue weighted by molar-refractivity contribution is 9.10.